The monoisotopic (exact) mass is 548 g/mol. The lowest BCUT2D eigenvalue weighted by molar-refractivity contribution is 0.0702. The van der Waals surface area contributed by atoms with Gasteiger partial charge < -0.3 is 20.1 Å². The average molecular weight is 549 g/mol. The van der Waals surface area contributed by atoms with E-state index in [4.69, 9.17) is 21.1 Å². The van der Waals surface area contributed by atoms with Crippen molar-refractivity contribution < 1.29 is 17.9 Å². The zero-order valence-corrected chi connectivity index (χ0v) is 20.1. The van der Waals surface area contributed by atoms with Crippen molar-refractivity contribution >= 4 is 51.6 Å². The van der Waals surface area contributed by atoms with Crippen molar-refractivity contribution in [3.05, 3.63) is 29.3 Å². The molecule has 1 aromatic carbocycles. The Kier molecular flexibility index (Phi) is 15.8. The van der Waals surface area contributed by atoms with Crippen LogP contribution in [0.25, 0.3) is 0 Å². The highest BCUT2D eigenvalue weighted by molar-refractivity contribution is 14.0. The topological polar surface area (TPSA) is 101 Å². The second kappa shape index (κ2) is 16.2. The molecule has 0 aliphatic carbocycles. The van der Waals surface area contributed by atoms with Crippen LogP contribution in [0.4, 0.5) is 0 Å². The van der Waals surface area contributed by atoms with E-state index in [9.17, 15) is 8.42 Å². The van der Waals surface area contributed by atoms with Crippen molar-refractivity contribution in [1.82, 2.24) is 15.4 Å². The molecular weight excluding hydrogens is 519 g/mol. The Balaban J connectivity index is 0.00000729. The normalized spacial score (nSPS) is 11.8. The first kappa shape index (κ1) is 27.3. The molecule has 0 radical (unpaired) electrons. The molecule has 11 heteroatoms. The summed E-state index contributed by atoms with van der Waals surface area (Å²) < 4.78 is 37.2. The first-order valence-corrected chi connectivity index (χ1v) is 10.7. The number of hydrogen-bond donors (Lipinski definition) is 3. The van der Waals surface area contributed by atoms with Gasteiger partial charge in [0.15, 0.2) is 5.96 Å². The number of nitrogens with zero attached hydrogens (tertiary/aromatic N) is 1. The molecular formula is C17H30ClIN4O4S. The van der Waals surface area contributed by atoms with Crippen LogP contribution in [0.2, 0.25) is 5.02 Å². The van der Waals surface area contributed by atoms with Gasteiger partial charge in [0, 0.05) is 44.9 Å². The minimum absolute atomic E-state index is 0. The summed E-state index contributed by atoms with van der Waals surface area (Å²) in [6, 6.07) is 6.15. The van der Waals surface area contributed by atoms with Crippen LogP contribution in [-0.2, 0) is 19.5 Å². The van der Waals surface area contributed by atoms with E-state index in [1.165, 1.54) is 12.1 Å². The summed E-state index contributed by atoms with van der Waals surface area (Å²) in [5, 5.41) is 6.58. The van der Waals surface area contributed by atoms with E-state index in [1.54, 1.807) is 19.2 Å². The summed E-state index contributed by atoms with van der Waals surface area (Å²) >= 11 is 5.84. The van der Waals surface area contributed by atoms with Crippen molar-refractivity contribution in [2.75, 3.05) is 53.1 Å². The number of sulfonamides is 1. The molecule has 8 nitrogen and oxygen atoms in total. The Labute approximate surface area is 189 Å². The van der Waals surface area contributed by atoms with E-state index in [0.29, 0.717) is 50.4 Å². The van der Waals surface area contributed by atoms with E-state index in [0.717, 1.165) is 6.42 Å². The fourth-order valence-corrected chi connectivity index (χ4v) is 3.36. The lowest BCUT2D eigenvalue weighted by Crippen LogP contribution is -2.41. The number of nitrogens with one attached hydrogen (secondary N) is 3. The van der Waals surface area contributed by atoms with Crippen molar-refractivity contribution in [3.63, 3.8) is 0 Å². The third-order valence-electron chi connectivity index (χ3n) is 3.31. The summed E-state index contributed by atoms with van der Waals surface area (Å²) in [4.78, 5) is 4.57. The van der Waals surface area contributed by atoms with Gasteiger partial charge in [0.25, 0.3) is 0 Å². The van der Waals surface area contributed by atoms with E-state index in [1.807, 2.05) is 6.92 Å². The molecule has 28 heavy (non-hydrogen) atoms. The summed E-state index contributed by atoms with van der Waals surface area (Å²) in [6.07, 6.45) is 0.793. The number of guanidine groups is 1. The Morgan fingerprint density at radius 1 is 1.18 bits per heavy atom. The summed E-state index contributed by atoms with van der Waals surface area (Å²) in [5.74, 6) is 0.636. The third-order valence-corrected chi connectivity index (χ3v) is 5.00. The van der Waals surface area contributed by atoms with Crippen molar-refractivity contribution in [3.8, 4) is 0 Å². The molecule has 0 amide bonds. The minimum Gasteiger partial charge on any atom is -0.382 e. The van der Waals surface area contributed by atoms with E-state index in [2.05, 4.69) is 20.3 Å². The van der Waals surface area contributed by atoms with Crippen LogP contribution in [0.5, 0.6) is 0 Å². The molecule has 0 fully saturated rings. The molecule has 0 aliphatic rings. The molecule has 0 aromatic heterocycles. The smallest absolute Gasteiger partial charge is 0.240 e. The second-order valence-corrected chi connectivity index (χ2v) is 7.70. The number of ether oxygens (including phenoxy) is 2. The van der Waals surface area contributed by atoms with Gasteiger partial charge in [0.1, 0.15) is 0 Å². The molecule has 0 saturated carbocycles. The lowest BCUT2D eigenvalue weighted by Gasteiger charge is -2.12. The van der Waals surface area contributed by atoms with Gasteiger partial charge in [-0.2, -0.15) is 0 Å². The predicted molar refractivity (Wildman–Crippen MR) is 123 cm³/mol. The molecule has 0 unspecified atom stereocenters. The number of hydrogen-bond acceptors (Lipinski definition) is 5. The van der Waals surface area contributed by atoms with Crippen LogP contribution < -0.4 is 15.4 Å². The largest absolute Gasteiger partial charge is 0.382 e. The Morgan fingerprint density at radius 2 is 1.96 bits per heavy atom. The fourth-order valence-electron chi connectivity index (χ4n) is 2.03. The van der Waals surface area contributed by atoms with Gasteiger partial charge in [0.2, 0.25) is 10.0 Å². The lowest BCUT2D eigenvalue weighted by atomic mass is 10.4. The maximum Gasteiger partial charge on any atom is 0.240 e. The SMILES string of the molecule is CCNC(=NCCCOCCOC)NCCNS(=O)(=O)c1cccc(Cl)c1.I. The maximum absolute atomic E-state index is 12.2. The molecule has 3 N–H and O–H groups in total. The molecule has 0 saturated heterocycles. The van der Waals surface area contributed by atoms with Crippen LogP contribution in [-0.4, -0.2) is 67.5 Å². The van der Waals surface area contributed by atoms with Crippen LogP contribution in [0, 0.1) is 0 Å². The van der Waals surface area contributed by atoms with Gasteiger partial charge in [-0.3, -0.25) is 4.99 Å². The summed E-state index contributed by atoms with van der Waals surface area (Å²) in [5.41, 5.74) is 0. The molecule has 1 rings (SSSR count). The van der Waals surface area contributed by atoms with E-state index < -0.39 is 10.0 Å². The van der Waals surface area contributed by atoms with Gasteiger partial charge in [-0.25, -0.2) is 13.1 Å². The summed E-state index contributed by atoms with van der Waals surface area (Å²) in [7, 11) is -1.95. The second-order valence-electron chi connectivity index (χ2n) is 5.50. The predicted octanol–water partition coefficient (Wildman–Crippen LogP) is 1.84. The Morgan fingerprint density at radius 3 is 2.64 bits per heavy atom. The maximum atomic E-state index is 12.2. The van der Waals surface area contributed by atoms with E-state index in [-0.39, 0.29) is 35.4 Å². The zero-order valence-electron chi connectivity index (χ0n) is 16.2. The van der Waals surface area contributed by atoms with Crippen molar-refractivity contribution in [2.45, 2.75) is 18.2 Å². The minimum atomic E-state index is -3.59. The van der Waals surface area contributed by atoms with Crippen LogP contribution in [0.15, 0.2) is 34.2 Å². The highest BCUT2D eigenvalue weighted by Gasteiger charge is 2.13. The molecule has 0 bridgehead atoms. The zero-order chi connectivity index (χ0) is 20.0. The molecule has 162 valence electrons. The molecule has 0 heterocycles. The highest BCUT2D eigenvalue weighted by atomic mass is 127. The molecule has 0 spiro atoms. The summed E-state index contributed by atoms with van der Waals surface area (Å²) in [6.45, 7) is 5.68. The van der Waals surface area contributed by atoms with Crippen LogP contribution in [0.3, 0.4) is 0 Å². The van der Waals surface area contributed by atoms with Crippen LogP contribution in [0.1, 0.15) is 13.3 Å². The number of halogens is 2. The van der Waals surface area contributed by atoms with Crippen molar-refractivity contribution in [2.24, 2.45) is 4.99 Å². The number of methoxy groups -OCH3 is 1. The van der Waals surface area contributed by atoms with Gasteiger partial charge in [-0.15, -0.1) is 24.0 Å². The average Bonchev–Trinajstić information content (AvgIpc) is 2.64. The van der Waals surface area contributed by atoms with E-state index >= 15 is 0 Å². The Bertz CT molecular complexity index is 677. The number of benzene rings is 1. The van der Waals surface area contributed by atoms with Gasteiger partial charge in [0.05, 0.1) is 18.1 Å². The van der Waals surface area contributed by atoms with Gasteiger partial charge in [-0.1, -0.05) is 17.7 Å². The quantitative estimate of drug-likeness (QED) is 0.151. The molecule has 0 atom stereocenters. The highest BCUT2D eigenvalue weighted by Crippen LogP contribution is 2.14. The fraction of sp³-hybridized carbons (Fsp3) is 0.588. The van der Waals surface area contributed by atoms with Crippen molar-refractivity contribution in [1.29, 1.82) is 0 Å². The van der Waals surface area contributed by atoms with Gasteiger partial charge in [-0.05, 0) is 31.5 Å². The first-order valence-electron chi connectivity index (χ1n) is 8.83. The number of rotatable bonds is 13. The third kappa shape index (κ3) is 12.0. The van der Waals surface area contributed by atoms with Crippen LogP contribution >= 0.6 is 35.6 Å². The standard InChI is InChI=1S/C17H29ClN4O4S.HI/c1-3-19-17(20-8-5-11-26-13-12-25-2)21-9-10-22-27(23,24)16-7-4-6-15(18)14-16;/h4,6-7,14,22H,3,5,8-13H2,1-2H3,(H2,19,20,21);1H. The first-order chi connectivity index (χ1) is 13.0. The molecule has 1 aromatic rings. The Hall–Kier alpha value is -0.660. The molecule has 0 aliphatic heterocycles. The number of aliphatic imine (C=N–C) groups is 1. The van der Waals surface area contributed by atoms with Gasteiger partial charge >= 0.3 is 0 Å².